The maximum atomic E-state index is 13.2. The summed E-state index contributed by atoms with van der Waals surface area (Å²) in [4.78, 5) is 22.2. The molecule has 7 nitrogen and oxygen atoms in total. The number of hydrogen-bond donors (Lipinski definition) is 1. The maximum absolute atomic E-state index is 13.2. The van der Waals surface area contributed by atoms with Gasteiger partial charge in [0.05, 0.1) is 28.4 Å². The molecule has 1 amide bonds. The van der Waals surface area contributed by atoms with Crippen LogP contribution in [0.4, 0.5) is 18.9 Å². The van der Waals surface area contributed by atoms with Crippen molar-refractivity contribution in [3.63, 3.8) is 0 Å². The van der Waals surface area contributed by atoms with Crippen molar-refractivity contribution < 1.29 is 35.9 Å². The van der Waals surface area contributed by atoms with Gasteiger partial charge in [0.25, 0.3) is 15.9 Å². The summed E-state index contributed by atoms with van der Waals surface area (Å²) in [7, 11) is -4.53. The molecule has 0 aliphatic rings. The van der Waals surface area contributed by atoms with Crippen LogP contribution in [0.15, 0.2) is 60.0 Å². The Hall–Kier alpha value is -3.05. The summed E-state index contributed by atoms with van der Waals surface area (Å²) in [6, 6.07) is 6.85. The Bertz CT molecular complexity index is 1120. The summed E-state index contributed by atoms with van der Waals surface area (Å²) in [5, 5.41) is -0.285. The maximum Gasteiger partial charge on any atom is 0.416 e. The van der Waals surface area contributed by atoms with Gasteiger partial charge in [-0.15, -0.1) is 6.58 Å². The number of alkyl halides is 3. The lowest BCUT2D eigenvalue weighted by molar-refractivity contribution is -0.137. The molecule has 0 unspecified atom stereocenters. The average Bonchev–Trinajstić information content (AvgIpc) is 2.69. The monoisotopic (exact) mass is 476 g/mol. The van der Waals surface area contributed by atoms with Gasteiger partial charge in [0, 0.05) is 0 Å². The lowest BCUT2D eigenvalue weighted by Crippen LogP contribution is -2.32. The van der Waals surface area contributed by atoms with Gasteiger partial charge < -0.3 is 10.5 Å². The number of anilines is 1. The third kappa shape index (κ3) is 5.76. The SMILES string of the molecule is C=CCN(c1cccc(C(F)(F)F)c1)S(=O)(=O)c1cc(C(=O)OCC(N)=O)ccc1Cl. The molecule has 0 aromatic heterocycles. The van der Waals surface area contributed by atoms with Crippen molar-refractivity contribution in [1.29, 1.82) is 0 Å². The number of ether oxygens (including phenoxy) is 1. The molecule has 0 fully saturated rings. The van der Waals surface area contributed by atoms with E-state index in [2.05, 4.69) is 11.3 Å². The number of esters is 1. The van der Waals surface area contributed by atoms with Crippen LogP contribution in [0.5, 0.6) is 0 Å². The molecule has 166 valence electrons. The van der Waals surface area contributed by atoms with E-state index < -0.39 is 45.1 Å². The molecule has 12 heteroatoms. The first-order chi connectivity index (χ1) is 14.4. The second-order valence-electron chi connectivity index (χ2n) is 6.06. The highest BCUT2D eigenvalue weighted by atomic mass is 35.5. The summed E-state index contributed by atoms with van der Waals surface area (Å²) < 4.78 is 71.0. The molecule has 0 saturated carbocycles. The van der Waals surface area contributed by atoms with E-state index in [0.29, 0.717) is 10.4 Å². The van der Waals surface area contributed by atoms with Crippen molar-refractivity contribution in [1.82, 2.24) is 0 Å². The molecule has 0 aliphatic heterocycles. The Balaban J connectivity index is 2.54. The Morgan fingerprint density at radius 1 is 1.19 bits per heavy atom. The first-order valence-electron chi connectivity index (χ1n) is 8.43. The Kier molecular flexibility index (Phi) is 7.34. The van der Waals surface area contributed by atoms with Crippen molar-refractivity contribution >= 4 is 39.2 Å². The number of carbonyl (C=O) groups excluding carboxylic acids is 2. The van der Waals surface area contributed by atoms with E-state index in [-0.39, 0.29) is 22.8 Å². The highest BCUT2D eigenvalue weighted by molar-refractivity contribution is 7.93. The number of benzene rings is 2. The molecule has 0 saturated heterocycles. The second-order valence-corrected chi connectivity index (χ2v) is 8.30. The van der Waals surface area contributed by atoms with Gasteiger partial charge in [-0.2, -0.15) is 13.2 Å². The fourth-order valence-corrected chi connectivity index (χ4v) is 4.39. The number of amides is 1. The zero-order valence-electron chi connectivity index (χ0n) is 15.7. The van der Waals surface area contributed by atoms with E-state index in [1.165, 1.54) is 12.1 Å². The highest BCUT2D eigenvalue weighted by Gasteiger charge is 2.33. The predicted octanol–water partition coefficient (Wildman–Crippen LogP) is 3.38. The summed E-state index contributed by atoms with van der Waals surface area (Å²) in [5.41, 5.74) is 3.30. The van der Waals surface area contributed by atoms with E-state index in [0.717, 1.165) is 30.3 Å². The van der Waals surface area contributed by atoms with Gasteiger partial charge in [-0.25, -0.2) is 13.2 Å². The zero-order chi connectivity index (χ0) is 23.4. The standard InChI is InChI=1S/C19H16ClF3N2O5S/c1-2-8-25(14-5-3-4-13(10-14)19(21,22)23)31(28,29)16-9-12(6-7-15(16)20)18(27)30-11-17(24)26/h2-7,9-10H,1,8,11H2,(H2,24,26). The Morgan fingerprint density at radius 3 is 2.45 bits per heavy atom. The lowest BCUT2D eigenvalue weighted by atomic mass is 10.2. The zero-order valence-corrected chi connectivity index (χ0v) is 17.3. The summed E-state index contributed by atoms with van der Waals surface area (Å²) in [6.45, 7) is 2.33. The van der Waals surface area contributed by atoms with Crippen LogP contribution in [-0.4, -0.2) is 33.4 Å². The predicted molar refractivity (Wildman–Crippen MR) is 107 cm³/mol. The van der Waals surface area contributed by atoms with Crippen LogP contribution < -0.4 is 10.0 Å². The first kappa shape index (κ1) is 24.2. The Morgan fingerprint density at radius 2 is 1.87 bits per heavy atom. The van der Waals surface area contributed by atoms with Gasteiger partial charge in [0.15, 0.2) is 6.61 Å². The summed E-state index contributed by atoms with van der Waals surface area (Å²) in [6.07, 6.45) is -3.52. The highest BCUT2D eigenvalue weighted by Crippen LogP contribution is 2.34. The molecule has 0 bridgehead atoms. The molecule has 2 aromatic carbocycles. The van der Waals surface area contributed by atoms with E-state index in [9.17, 15) is 31.2 Å². The normalized spacial score (nSPS) is 11.6. The molecule has 2 rings (SSSR count). The average molecular weight is 477 g/mol. The molecular formula is C19H16ClF3N2O5S. The third-order valence-corrected chi connectivity index (χ3v) is 6.11. The van der Waals surface area contributed by atoms with Crippen LogP contribution in [0, 0.1) is 0 Å². The van der Waals surface area contributed by atoms with Gasteiger partial charge in [-0.3, -0.25) is 9.10 Å². The van der Waals surface area contributed by atoms with Crippen molar-refractivity contribution in [3.05, 3.63) is 71.3 Å². The molecule has 31 heavy (non-hydrogen) atoms. The number of nitrogens with two attached hydrogens (primary N) is 1. The van der Waals surface area contributed by atoms with Gasteiger partial charge in [0.1, 0.15) is 4.90 Å². The molecule has 0 spiro atoms. The molecular weight excluding hydrogens is 461 g/mol. The van der Waals surface area contributed by atoms with Crippen LogP contribution in [-0.2, 0) is 25.7 Å². The van der Waals surface area contributed by atoms with Gasteiger partial charge in [-0.05, 0) is 36.4 Å². The smallest absolute Gasteiger partial charge is 0.416 e. The fourth-order valence-electron chi connectivity index (χ4n) is 2.46. The van der Waals surface area contributed by atoms with Gasteiger partial charge >= 0.3 is 12.1 Å². The van der Waals surface area contributed by atoms with Gasteiger partial charge in [0.2, 0.25) is 0 Å². The van der Waals surface area contributed by atoms with Crippen LogP contribution in [0.25, 0.3) is 0 Å². The van der Waals surface area contributed by atoms with E-state index in [1.807, 2.05) is 0 Å². The van der Waals surface area contributed by atoms with Crippen molar-refractivity contribution in [2.75, 3.05) is 17.5 Å². The fraction of sp³-hybridized carbons (Fsp3) is 0.158. The number of halogens is 4. The Labute approximate surface area is 180 Å². The molecule has 0 aliphatic carbocycles. The van der Waals surface area contributed by atoms with Crippen molar-refractivity contribution in [2.24, 2.45) is 5.73 Å². The number of nitrogens with zero attached hydrogens (tertiary/aromatic N) is 1. The van der Waals surface area contributed by atoms with Crippen LogP contribution >= 0.6 is 11.6 Å². The minimum absolute atomic E-state index is 0.258. The van der Waals surface area contributed by atoms with Gasteiger partial charge in [-0.1, -0.05) is 23.7 Å². The van der Waals surface area contributed by atoms with Crippen molar-refractivity contribution in [3.8, 4) is 0 Å². The summed E-state index contributed by atoms with van der Waals surface area (Å²) >= 11 is 6.01. The number of primary amides is 1. The number of sulfonamides is 1. The molecule has 0 atom stereocenters. The molecule has 0 radical (unpaired) electrons. The van der Waals surface area contributed by atoms with Crippen LogP contribution in [0.2, 0.25) is 5.02 Å². The number of carbonyl (C=O) groups is 2. The first-order valence-corrected chi connectivity index (χ1v) is 10.3. The number of rotatable bonds is 8. The second kappa shape index (κ2) is 9.40. The molecule has 2 N–H and O–H groups in total. The topological polar surface area (TPSA) is 107 Å². The quantitative estimate of drug-likeness (QED) is 0.464. The third-order valence-electron chi connectivity index (χ3n) is 3.84. The van der Waals surface area contributed by atoms with Crippen LogP contribution in [0.3, 0.4) is 0 Å². The van der Waals surface area contributed by atoms with Crippen molar-refractivity contribution in [2.45, 2.75) is 11.1 Å². The van der Waals surface area contributed by atoms with Crippen LogP contribution in [0.1, 0.15) is 15.9 Å². The van der Waals surface area contributed by atoms with E-state index in [1.54, 1.807) is 0 Å². The molecule has 0 heterocycles. The largest absolute Gasteiger partial charge is 0.452 e. The number of hydrogen-bond acceptors (Lipinski definition) is 5. The minimum Gasteiger partial charge on any atom is -0.452 e. The van der Waals surface area contributed by atoms with E-state index >= 15 is 0 Å². The van der Waals surface area contributed by atoms with E-state index in [4.69, 9.17) is 17.3 Å². The lowest BCUT2D eigenvalue weighted by Gasteiger charge is -2.24. The minimum atomic E-state index is -4.69. The summed E-state index contributed by atoms with van der Waals surface area (Å²) in [5.74, 6) is -1.96. The molecule has 2 aromatic rings.